The van der Waals surface area contributed by atoms with E-state index in [1.807, 2.05) is 20.0 Å². The molecule has 0 aromatic carbocycles. The van der Waals surface area contributed by atoms with Crippen LogP contribution in [0.4, 0.5) is 11.6 Å². The van der Waals surface area contributed by atoms with Gasteiger partial charge in [0, 0.05) is 39.4 Å². The van der Waals surface area contributed by atoms with Gasteiger partial charge in [-0.1, -0.05) is 0 Å². The maximum atomic E-state index is 8.89. The Morgan fingerprint density at radius 2 is 2.11 bits per heavy atom. The summed E-state index contributed by atoms with van der Waals surface area (Å²) < 4.78 is 5.36. The zero-order valence-corrected chi connectivity index (χ0v) is 11.7. The molecule has 19 heavy (non-hydrogen) atoms. The first kappa shape index (κ1) is 14.0. The van der Waals surface area contributed by atoms with Crippen LogP contribution >= 0.6 is 0 Å². The number of hydrogen-bond acceptors (Lipinski definition) is 6. The average Bonchev–Trinajstić information content (AvgIpc) is 2.45. The number of nitrogens with zero attached hydrogens (tertiary/aromatic N) is 4. The van der Waals surface area contributed by atoms with Gasteiger partial charge >= 0.3 is 0 Å². The molecule has 0 unspecified atom stereocenters. The van der Waals surface area contributed by atoms with Gasteiger partial charge in [0.15, 0.2) is 0 Å². The summed E-state index contributed by atoms with van der Waals surface area (Å²) in [5, 5.41) is 8.89. The van der Waals surface area contributed by atoms with Crippen LogP contribution in [0.5, 0.6) is 0 Å². The van der Waals surface area contributed by atoms with Crippen LogP contribution in [-0.2, 0) is 4.74 Å². The molecule has 2 rings (SSSR count). The highest BCUT2D eigenvalue weighted by Crippen LogP contribution is 2.19. The summed E-state index contributed by atoms with van der Waals surface area (Å²) in [5.74, 6) is 2.64. The summed E-state index contributed by atoms with van der Waals surface area (Å²) in [6, 6.07) is 2.01. The second kappa shape index (κ2) is 6.68. The second-order valence-electron chi connectivity index (χ2n) is 4.73. The smallest absolute Gasteiger partial charge is 0.134 e. The second-order valence-corrected chi connectivity index (χ2v) is 4.73. The van der Waals surface area contributed by atoms with Crippen molar-refractivity contribution in [2.45, 2.75) is 13.3 Å². The largest absolute Gasteiger partial charge is 0.396 e. The fraction of sp³-hybridized carbons (Fsp3) is 0.692. The van der Waals surface area contributed by atoms with Crippen LogP contribution < -0.4 is 9.80 Å². The molecule has 0 spiro atoms. The zero-order chi connectivity index (χ0) is 13.7. The standard InChI is InChI=1S/C13H22N4O2/c1-11-14-12(16(2)4-3-7-18)10-13(15-11)17-5-8-19-9-6-17/h10,18H,3-9H2,1-2H3. The zero-order valence-electron chi connectivity index (χ0n) is 11.7. The molecule has 0 amide bonds. The van der Waals surface area contributed by atoms with E-state index in [2.05, 4.69) is 19.8 Å². The van der Waals surface area contributed by atoms with E-state index in [0.29, 0.717) is 0 Å². The third-order valence-corrected chi connectivity index (χ3v) is 3.19. The van der Waals surface area contributed by atoms with E-state index < -0.39 is 0 Å². The van der Waals surface area contributed by atoms with Gasteiger partial charge in [0.25, 0.3) is 0 Å². The number of rotatable bonds is 5. The molecule has 0 bridgehead atoms. The molecular weight excluding hydrogens is 244 g/mol. The van der Waals surface area contributed by atoms with Gasteiger partial charge in [-0.3, -0.25) is 0 Å². The normalized spacial score (nSPS) is 15.6. The Hall–Kier alpha value is -1.40. The Bertz CT molecular complexity index is 408. The molecule has 1 fully saturated rings. The lowest BCUT2D eigenvalue weighted by molar-refractivity contribution is 0.122. The van der Waals surface area contributed by atoms with Crippen LogP contribution in [-0.4, -0.2) is 61.6 Å². The van der Waals surface area contributed by atoms with Crippen LogP contribution in [0, 0.1) is 6.92 Å². The minimum absolute atomic E-state index is 0.199. The molecule has 0 saturated carbocycles. The SMILES string of the molecule is Cc1nc(N(C)CCCO)cc(N2CCOCC2)n1. The molecule has 0 radical (unpaired) electrons. The van der Waals surface area contributed by atoms with Crippen LogP contribution in [0.25, 0.3) is 0 Å². The lowest BCUT2D eigenvalue weighted by Gasteiger charge is -2.29. The highest BCUT2D eigenvalue weighted by atomic mass is 16.5. The van der Waals surface area contributed by atoms with Gasteiger partial charge in [-0.15, -0.1) is 0 Å². The first-order chi connectivity index (χ1) is 9.20. The molecule has 2 heterocycles. The molecule has 6 heteroatoms. The van der Waals surface area contributed by atoms with Gasteiger partial charge in [-0.25, -0.2) is 9.97 Å². The maximum absolute atomic E-state index is 8.89. The number of aliphatic hydroxyl groups excluding tert-OH is 1. The number of aliphatic hydroxyl groups is 1. The summed E-state index contributed by atoms with van der Waals surface area (Å²) in [6.07, 6.45) is 0.742. The number of hydrogen-bond donors (Lipinski definition) is 1. The van der Waals surface area contributed by atoms with Gasteiger partial charge < -0.3 is 19.6 Å². The Kier molecular flexibility index (Phi) is 4.93. The lowest BCUT2D eigenvalue weighted by Crippen LogP contribution is -2.37. The number of aryl methyl sites for hydroxylation is 1. The summed E-state index contributed by atoms with van der Waals surface area (Å²) in [5.41, 5.74) is 0. The van der Waals surface area contributed by atoms with Crippen molar-refractivity contribution in [3.05, 3.63) is 11.9 Å². The van der Waals surface area contributed by atoms with E-state index in [-0.39, 0.29) is 6.61 Å². The number of morpholine rings is 1. The Morgan fingerprint density at radius 3 is 2.79 bits per heavy atom. The minimum atomic E-state index is 0.199. The van der Waals surface area contributed by atoms with Crippen molar-refractivity contribution in [1.82, 2.24) is 9.97 Å². The summed E-state index contributed by atoms with van der Waals surface area (Å²) >= 11 is 0. The van der Waals surface area contributed by atoms with E-state index in [0.717, 1.165) is 56.7 Å². The van der Waals surface area contributed by atoms with E-state index in [9.17, 15) is 0 Å². The fourth-order valence-corrected chi connectivity index (χ4v) is 2.11. The van der Waals surface area contributed by atoms with Crippen LogP contribution in [0.1, 0.15) is 12.2 Å². The Balaban J connectivity index is 2.13. The number of ether oxygens (including phenoxy) is 1. The molecule has 1 aliphatic heterocycles. The number of aromatic nitrogens is 2. The quantitative estimate of drug-likeness (QED) is 0.834. The predicted molar refractivity (Wildman–Crippen MR) is 74.8 cm³/mol. The molecule has 0 atom stereocenters. The molecule has 1 aromatic heterocycles. The third-order valence-electron chi connectivity index (χ3n) is 3.19. The van der Waals surface area contributed by atoms with Gasteiger partial charge in [-0.05, 0) is 13.3 Å². The van der Waals surface area contributed by atoms with Gasteiger partial charge in [0.05, 0.1) is 13.2 Å². The molecule has 1 saturated heterocycles. The van der Waals surface area contributed by atoms with Crippen molar-refractivity contribution in [2.24, 2.45) is 0 Å². The molecule has 0 aliphatic carbocycles. The van der Waals surface area contributed by atoms with E-state index >= 15 is 0 Å². The monoisotopic (exact) mass is 266 g/mol. The van der Waals surface area contributed by atoms with Crippen LogP contribution in [0.3, 0.4) is 0 Å². The highest BCUT2D eigenvalue weighted by molar-refractivity contribution is 5.50. The molecular formula is C13H22N4O2. The first-order valence-electron chi connectivity index (χ1n) is 6.71. The summed E-state index contributed by atoms with van der Waals surface area (Å²) in [6.45, 7) is 6.14. The predicted octanol–water partition coefficient (Wildman–Crippen LogP) is 0.440. The van der Waals surface area contributed by atoms with Crippen molar-refractivity contribution in [2.75, 3.05) is 56.3 Å². The van der Waals surface area contributed by atoms with Gasteiger partial charge in [0.2, 0.25) is 0 Å². The third kappa shape index (κ3) is 3.78. The molecule has 1 N–H and O–H groups in total. The Labute approximate surface area is 114 Å². The van der Waals surface area contributed by atoms with E-state index in [1.54, 1.807) is 0 Å². The number of anilines is 2. The van der Waals surface area contributed by atoms with E-state index in [1.165, 1.54) is 0 Å². The molecule has 1 aromatic rings. The van der Waals surface area contributed by atoms with Gasteiger partial charge in [0.1, 0.15) is 17.5 Å². The molecule has 1 aliphatic rings. The summed E-state index contributed by atoms with van der Waals surface area (Å²) in [4.78, 5) is 13.2. The van der Waals surface area contributed by atoms with Crippen LogP contribution in [0.15, 0.2) is 6.07 Å². The van der Waals surface area contributed by atoms with Crippen LogP contribution in [0.2, 0.25) is 0 Å². The van der Waals surface area contributed by atoms with Crippen molar-refractivity contribution in [1.29, 1.82) is 0 Å². The first-order valence-corrected chi connectivity index (χ1v) is 6.71. The topological polar surface area (TPSA) is 61.7 Å². The van der Waals surface area contributed by atoms with Crippen molar-refractivity contribution < 1.29 is 9.84 Å². The van der Waals surface area contributed by atoms with E-state index in [4.69, 9.17) is 9.84 Å². The fourth-order valence-electron chi connectivity index (χ4n) is 2.11. The minimum Gasteiger partial charge on any atom is -0.396 e. The van der Waals surface area contributed by atoms with Crippen molar-refractivity contribution >= 4 is 11.6 Å². The highest BCUT2D eigenvalue weighted by Gasteiger charge is 2.15. The average molecular weight is 266 g/mol. The lowest BCUT2D eigenvalue weighted by atomic mass is 10.3. The molecule has 6 nitrogen and oxygen atoms in total. The van der Waals surface area contributed by atoms with Crippen molar-refractivity contribution in [3.63, 3.8) is 0 Å². The Morgan fingerprint density at radius 1 is 1.37 bits per heavy atom. The molecule has 106 valence electrons. The van der Waals surface area contributed by atoms with Gasteiger partial charge in [-0.2, -0.15) is 0 Å². The maximum Gasteiger partial charge on any atom is 0.134 e. The van der Waals surface area contributed by atoms with Crippen molar-refractivity contribution in [3.8, 4) is 0 Å². The summed E-state index contributed by atoms with van der Waals surface area (Å²) in [7, 11) is 1.99.